The fraction of sp³-hybridized carbons (Fsp3) is 0.556. The molecule has 0 fully saturated rings. The van der Waals surface area contributed by atoms with Crippen molar-refractivity contribution < 1.29 is 17.9 Å². The van der Waals surface area contributed by atoms with Crippen LogP contribution in [0.5, 0.6) is 5.88 Å². The zero-order valence-corrected chi connectivity index (χ0v) is 10.6. The molecule has 1 aromatic rings. The van der Waals surface area contributed by atoms with Gasteiger partial charge in [-0.3, -0.25) is 4.98 Å². The Morgan fingerprint density at radius 1 is 1.29 bits per heavy atom. The fourth-order valence-corrected chi connectivity index (χ4v) is 1.90. The number of primary sulfonamides is 1. The third kappa shape index (κ3) is 3.35. The molecule has 0 aliphatic rings. The molecule has 2 atom stereocenters. The molecule has 1 rings (SSSR count). The number of methoxy groups -OCH3 is 2. The highest BCUT2D eigenvalue weighted by molar-refractivity contribution is 7.89. The van der Waals surface area contributed by atoms with Crippen LogP contribution in [0.4, 0.5) is 0 Å². The Labute approximate surface area is 100 Å². The minimum absolute atomic E-state index is 0.340. The molecule has 0 spiro atoms. The predicted octanol–water partition coefficient (Wildman–Crippen LogP) is -0.150. The Balaban J connectivity index is 3.01. The lowest BCUT2D eigenvalue weighted by atomic mass is 10.2. The van der Waals surface area contributed by atoms with E-state index >= 15 is 0 Å². The zero-order valence-electron chi connectivity index (χ0n) is 9.82. The summed E-state index contributed by atoms with van der Waals surface area (Å²) in [5.74, 6) is 0.340. The van der Waals surface area contributed by atoms with E-state index in [1.54, 1.807) is 0 Å². The molecule has 0 saturated carbocycles. The van der Waals surface area contributed by atoms with Crippen molar-refractivity contribution >= 4 is 10.0 Å². The second kappa shape index (κ2) is 5.39. The molecule has 0 bridgehead atoms. The van der Waals surface area contributed by atoms with Crippen LogP contribution in [0.15, 0.2) is 12.4 Å². The standard InChI is InChI=1S/C9H15N3O4S/c1-6(17(10,13)14)9(16-3)7-4-12-8(15-2)5-11-7/h4-6,9H,1-3H3,(H2,10,13,14)/t6-,9+/m1/s1. The molecule has 0 aromatic carbocycles. The Kier molecular flexibility index (Phi) is 4.38. The summed E-state index contributed by atoms with van der Waals surface area (Å²) >= 11 is 0. The fourth-order valence-electron chi connectivity index (χ4n) is 1.30. The lowest BCUT2D eigenvalue weighted by Gasteiger charge is -2.19. The summed E-state index contributed by atoms with van der Waals surface area (Å²) < 4.78 is 32.5. The molecular weight excluding hydrogens is 246 g/mol. The molecule has 1 aromatic heterocycles. The third-order valence-corrected chi connectivity index (χ3v) is 3.63. The van der Waals surface area contributed by atoms with Crippen LogP contribution in [0.3, 0.4) is 0 Å². The van der Waals surface area contributed by atoms with Gasteiger partial charge in [0.25, 0.3) is 0 Å². The van der Waals surface area contributed by atoms with Gasteiger partial charge in [-0.25, -0.2) is 18.5 Å². The van der Waals surface area contributed by atoms with Crippen LogP contribution in [0.25, 0.3) is 0 Å². The van der Waals surface area contributed by atoms with E-state index in [1.807, 2.05) is 0 Å². The van der Waals surface area contributed by atoms with Gasteiger partial charge < -0.3 is 9.47 Å². The van der Waals surface area contributed by atoms with E-state index in [2.05, 4.69) is 9.97 Å². The van der Waals surface area contributed by atoms with Crippen molar-refractivity contribution in [2.45, 2.75) is 18.3 Å². The van der Waals surface area contributed by atoms with Crippen LogP contribution in [0.1, 0.15) is 18.7 Å². The number of ether oxygens (including phenoxy) is 2. The maximum atomic E-state index is 11.3. The Morgan fingerprint density at radius 2 is 1.94 bits per heavy atom. The van der Waals surface area contributed by atoms with E-state index in [9.17, 15) is 8.42 Å². The van der Waals surface area contributed by atoms with Crippen molar-refractivity contribution in [3.05, 3.63) is 18.1 Å². The zero-order chi connectivity index (χ0) is 13.1. The summed E-state index contributed by atoms with van der Waals surface area (Å²) in [4.78, 5) is 7.95. The summed E-state index contributed by atoms with van der Waals surface area (Å²) in [6.07, 6.45) is 2.02. The van der Waals surface area contributed by atoms with Crippen molar-refractivity contribution in [1.29, 1.82) is 0 Å². The van der Waals surface area contributed by atoms with Crippen LogP contribution in [-0.4, -0.2) is 37.9 Å². The summed E-state index contributed by atoms with van der Waals surface area (Å²) in [6.45, 7) is 1.45. The summed E-state index contributed by atoms with van der Waals surface area (Å²) in [5.41, 5.74) is 0.384. The molecule has 0 saturated heterocycles. The minimum atomic E-state index is -3.70. The van der Waals surface area contributed by atoms with E-state index in [1.165, 1.54) is 33.5 Å². The largest absolute Gasteiger partial charge is 0.480 e. The van der Waals surface area contributed by atoms with Crippen LogP contribution >= 0.6 is 0 Å². The molecule has 0 aliphatic heterocycles. The summed E-state index contributed by atoms with van der Waals surface area (Å²) in [6, 6.07) is 0. The first-order valence-electron chi connectivity index (χ1n) is 4.80. The van der Waals surface area contributed by atoms with E-state index < -0.39 is 21.4 Å². The van der Waals surface area contributed by atoms with Gasteiger partial charge in [0.1, 0.15) is 11.4 Å². The van der Waals surface area contributed by atoms with Crippen LogP contribution < -0.4 is 9.88 Å². The number of sulfonamides is 1. The summed E-state index contributed by atoms with van der Waals surface area (Å²) in [7, 11) is -0.852. The lowest BCUT2D eigenvalue weighted by molar-refractivity contribution is 0.0982. The van der Waals surface area contributed by atoms with E-state index in [0.29, 0.717) is 11.6 Å². The first-order valence-corrected chi connectivity index (χ1v) is 6.41. The Morgan fingerprint density at radius 3 is 2.29 bits per heavy atom. The number of nitrogens with zero attached hydrogens (tertiary/aromatic N) is 2. The predicted molar refractivity (Wildman–Crippen MR) is 60.9 cm³/mol. The number of hydrogen-bond donors (Lipinski definition) is 1. The average molecular weight is 261 g/mol. The van der Waals surface area contributed by atoms with Gasteiger partial charge in [-0.15, -0.1) is 0 Å². The normalized spacial score (nSPS) is 15.3. The highest BCUT2D eigenvalue weighted by Gasteiger charge is 2.29. The first-order chi connectivity index (χ1) is 7.90. The van der Waals surface area contributed by atoms with Crippen LogP contribution in [0, 0.1) is 0 Å². The van der Waals surface area contributed by atoms with Crippen LogP contribution in [-0.2, 0) is 14.8 Å². The smallest absolute Gasteiger partial charge is 0.231 e. The molecule has 0 amide bonds. The highest BCUT2D eigenvalue weighted by Crippen LogP contribution is 2.22. The molecule has 96 valence electrons. The maximum Gasteiger partial charge on any atom is 0.231 e. The maximum absolute atomic E-state index is 11.3. The highest BCUT2D eigenvalue weighted by atomic mass is 32.2. The van der Waals surface area contributed by atoms with E-state index in [4.69, 9.17) is 14.6 Å². The Bertz CT molecular complexity index is 460. The van der Waals surface area contributed by atoms with Gasteiger partial charge >= 0.3 is 0 Å². The topological polar surface area (TPSA) is 104 Å². The molecule has 0 aliphatic carbocycles. The SMILES string of the molecule is COc1cnc([C@@H](OC)[C@@H](C)S(N)(=O)=O)cn1. The molecule has 0 unspecified atom stereocenters. The van der Waals surface area contributed by atoms with Crippen molar-refractivity contribution in [1.82, 2.24) is 9.97 Å². The van der Waals surface area contributed by atoms with Gasteiger partial charge in [-0.2, -0.15) is 0 Å². The molecular formula is C9H15N3O4S. The lowest BCUT2D eigenvalue weighted by Crippen LogP contribution is -2.32. The monoisotopic (exact) mass is 261 g/mol. The quantitative estimate of drug-likeness (QED) is 0.790. The molecule has 17 heavy (non-hydrogen) atoms. The van der Waals surface area contributed by atoms with E-state index in [0.717, 1.165) is 0 Å². The number of aromatic nitrogens is 2. The number of nitrogens with two attached hydrogens (primary N) is 1. The van der Waals surface area contributed by atoms with Gasteiger partial charge in [0, 0.05) is 7.11 Å². The molecule has 2 N–H and O–H groups in total. The third-order valence-electron chi connectivity index (χ3n) is 2.35. The van der Waals surface area contributed by atoms with Gasteiger partial charge in [-0.1, -0.05) is 0 Å². The van der Waals surface area contributed by atoms with Crippen molar-refractivity contribution in [2.75, 3.05) is 14.2 Å². The first kappa shape index (κ1) is 13.8. The molecule has 0 radical (unpaired) electrons. The van der Waals surface area contributed by atoms with Crippen molar-refractivity contribution in [3.63, 3.8) is 0 Å². The second-order valence-corrected chi connectivity index (χ2v) is 5.36. The van der Waals surface area contributed by atoms with Gasteiger partial charge in [0.2, 0.25) is 15.9 Å². The van der Waals surface area contributed by atoms with Gasteiger partial charge in [0.15, 0.2) is 0 Å². The Hall–Kier alpha value is -1.25. The van der Waals surface area contributed by atoms with Gasteiger partial charge in [-0.05, 0) is 6.92 Å². The second-order valence-electron chi connectivity index (χ2n) is 3.43. The van der Waals surface area contributed by atoms with Crippen molar-refractivity contribution in [2.24, 2.45) is 5.14 Å². The summed E-state index contributed by atoms with van der Waals surface area (Å²) in [5, 5.41) is 4.16. The van der Waals surface area contributed by atoms with Gasteiger partial charge in [0.05, 0.1) is 25.2 Å². The molecule has 7 nitrogen and oxygen atoms in total. The number of hydrogen-bond acceptors (Lipinski definition) is 6. The average Bonchev–Trinajstić information content (AvgIpc) is 2.29. The molecule has 1 heterocycles. The number of rotatable bonds is 5. The van der Waals surface area contributed by atoms with Crippen LogP contribution in [0.2, 0.25) is 0 Å². The molecule has 8 heteroatoms. The van der Waals surface area contributed by atoms with E-state index in [-0.39, 0.29) is 0 Å². The van der Waals surface area contributed by atoms with Crippen molar-refractivity contribution in [3.8, 4) is 5.88 Å². The minimum Gasteiger partial charge on any atom is -0.480 e.